The molecule has 0 saturated heterocycles. The Bertz CT molecular complexity index is 476. The monoisotopic (exact) mass is 279 g/mol. The Morgan fingerprint density at radius 2 is 1.85 bits per heavy atom. The normalized spacial score (nSPS) is 11.4. The largest absolute Gasteiger partial charge is 0.480 e. The highest BCUT2D eigenvalue weighted by Gasteiger charge is 2.21. The fourth-order valence-electron chi connectivity index (χ4n) is 1.58. The highest BCUT2D eigenvalue weighted by Crippen LogP contribution is 1.98. The van der Waals surface area contributed by atoms with Crippen molar-refractivity contribution in [3.05, 3.63) is 35.9 Å². The summed E-state index contributed by atoms with van der Waals surface area (Å²) in [4.78, 5) is 33.0. The third-order valence-electron chi connectivity index (χ3n) is 2.55. The second-order valence-corrected chi connectivity index (χ2v) is 4.20. The maximum atomic E-state index is 11.5. The Balaban J connectivity index is 2.35. The number of hydrogen-bond acceptors (Lipinski definition) is 3. The highest BCUT2D eigenvalue weighted by atomic mass is 16.4. The van der Waals surface area contributed by atoms with E-state index in [9.17, 15) is 14.4 Å². The number of carbonyl (C=O) groups excluding carboxylic acids is 2. The van der Waals surface area contributed by atoms with Crippen molar-refractivity contribution in [3.63, 3.8) is 0 Å². The van der Waals surface area contributed by atoms with Gasteiger partial charge in [-0.05, 0) is 12.0 Å². The number of hydrogen-bond donors (Lipinski definition) is 4. The molecule has 3 amide bonds. The first kappa shape index (κ1) is 15.5. The smallest absolute Gasteiger partial charge is 0.326 e. The Morgan fingerprint density at radius 3 is 2.40 bits per heavy atom. The van der Waals surface area contributed by atoms with Crippen LogP contribution >= 0.6 is 0 Å². The number of urea groups is 1. The van der Waals surface area contributed by atoms with Crippen LogP contribution in [0.25, 0.3) is 0 Å². The number of rotatable bonds is 7. The summed E-state index contributed by atoms with van der Waals surface area (Å²) in [6.07, 6.45) is 0.184. The van der Waals surface area contributed by atoms with Crippen molar-refractivity contribution >= 4 is 17.9 Å². The first-order valence-electron chi connectivity index (χ1n) is 6.08. The zero-order valence-corrected chi connectivity index (χ0v) is 10.8. The van der Waals surface area contributed by atoms with Crippen LogP contribution in [0, 0.1) is 0 Å². The lowest BCUT2D eigenvalue weighted by Crippen LogP contribution is -2.48. The molecule has 0 unspecified atom stereocenters. The van der Waals surface area contributed by atoms with Crippen molar-refractivity contribution in [2.24, 2.45) is 5.73 Å². The lowest BCUT2D eigenvalue weighted by Gasteiger charge is -2.13. The molecule has 0 saturated carbocycles. The first-order chi connectivity index (χ1) is 9.49. The summed E-state index contributed by atoms with van der Waals surface area (Å²) < 4.78 is 0. The van der Waals surface area contributed by atoms with Crippen LogP contribution in [0.2, 0.25) is 0 Å². The second-order valence-electron chi connectivity index (χ2n) is 4.20. The number of benzene rings is 1. The van der Waals surface area contributed by atoms with Crippen LogP contribution in [0.15, 0.2) is 30.3 Å². The second kappa shape index (κ2) is 7.78. The number of aliphatic carboxylic acids is 1. The number of amides is 3. The molecule has 5 N–H and O–H groups in total. The van der Waals surface area contributed by atoms with Crippen molar-refractivity contribution in [2.45, 2.75) is 18.9 Å². The number of nitrogens with one attached hydrogen (secondary N) is 2. The molecular weight excluding hydrogens is 262 g/mol. The molecule has 0 bridgehead atoms. The molecule has 1 aromatic rings. The van der Waals surface area contributed by atoms with Crippen LogP contribution in [-0.4, -0.2) is 35.6 Å². The van der Waals surface area contributed by atoms with Gasteiger partial charge in [0.15, 0.2) is 0 Å². The molecule has 0 aliphatic rings. The molecule has 1 rings (SSSR count). The number of carboxylic acid groups (broad SMARTS) is 1. The molecule has 0 heterocycles. The van der Waals surface area contributed by atoms with Gasteiger partial charge in [-0.15, -0.1) is 0 Å². The lowest BCUT2D eigenvalue weighted by molar-refractivity contribution is -0.140. The van der Waals surface area contributed by atoms with Crippen LogP contribution < -0.4 is 16.4 Å². The molecule has 0 aliphatic carbocycles. The quantitative estimate of drug-likeness (QED) is 0.554. The summed E-state index contributed by atoms with van der Waals surface area (Å²) in [5.74, 6) is -2.09. The van der Waals surface area contributed by atoms with E-state index in [1.165, 1.54) is 0 Å². The Kier molecular flexibility index (Phi) is 6.02. The van der Waals surface area contributed by atoms with Gasteiger partial charge in [0, 0.05) is 6.54 Å². The van der Waals surface area contributed by atoms with Gasteiger partial charge in [-0.2, -0.15) is 0 Å². The fourth-order valence-corrected chi connectivity index (χ4v) is 1.58. The minimum absolute atomic E-state index is 0.360. The third-order valence-corrected chi connectivity index (χ3v) is 2.55. The summed E-state index contributed by atoms with van der Waals surface area (Å²) in [6.45, 7) is 0.360. The fraction of sp³-hybridized carbons (Fsp3) is 0.308. The number of primary amides is 1. The Morgan fingerprint density at radius 1 is 1.20 bits per heavy atom. The predicted molar refractivity (Wildman–Crippen MR) is 71.9 cm³/mol. The molecular formula is C13H17N3O4. The van der Waals surface area contributed by atoms with Crippen molar-refractivity contribution in [2.75, 3.05) is 6.54 Å². The third kappa shape index (κ3) is 5.85. The summed E-state index contributed by atoms with van der Waals surface area (Å²) in [7, 11) is 0. The van der Waals surface area contributed by atoms with Gasteiger partial charge in [-0.3, -0.25) is 4.79 Å². The van der Waals surface area contributed by atoms with Crippen LogP contribution in [0.4, 0.5) is 4.79 Å². The molecule has 1 aromatic carbocycles. The molecule has 1 atom stereocenters. The molecule has 7 nitrogen and oxygen atoms in total. The minimum atomic E-state index is -1.32. The molecule has 0 aromatic heterocycles. The number of nitrogens with two attached hydrogens (primary N) is 1. The van der Waals surface area contributed by atoms with Crippen LogP contribution in [0.1, 0.15) is 12.0 Å². The summed E-state index contributed by atoms with van der Waals surface area (Å²) >= 11 is 0. The zero-order chi connectivity index (χ0) is 15.0. The van der Waals surface area contributed by atoms with Gasteiger partial charge < -0.3 is 21.5 Å². The maximum absolute atomic E-state index is 11.5. The van der Waals surface area contributed by atoms with E-state index in [2.05, 4.69) is 10.6 Å². The maximum Gasteiger partial charge on any atom is 0.326 e. The average molecular weight is 279 g/mol. The molecule has 0 radical (unpaired) electrons. The van der Waals surface area contributed by atoms with Gasteiger partial charge >= 0.3 is 12.0 Å². The van der Waals surface area contributed by atoms with E-state index in [1.54, 1.807) is 0 Å². The summed E-state index contributed by atoms with van der Waals surface area (Å²) in [6, 6.07) is 7.56. The Labute approximate surface area is 116 Å². The molecule has 0 fully saturated rings. The van der Waals surface area contributed by atoms with E-state index in [-0.39, 0.29) is 0 Å². The zero-order valence-electron chi connectivity index (χ0n) is 10.8. The van der Waals surface area contributed by atoms with Crippen molar-refractivity contribution < 1.29 is 19.5 Å². The van der Waals surface area contributed by atoms with Gasteiger partial charge in [-0.1, -0.05) is 30.3 Å². The topological polar surface area (TPSA) is 122 Å². The average Bonchev–Trinajstić information content (AvgIpc) is 2.38. The number of carbonyl (C=O) groups is 3. The van der Waals surface area contributed by atoms with Crippen LogP contribution in [-0.2, 0) is 16.0 Å². The van der Waals surface area contributed by atoms with Crippen molar-refractivity contribution in [1.29, 1.82) is 0 Å². The molecule has 7 heteroatoms. The highest BCUT2D eigenvalue weighted by molar-refractivity contribution is 5.87. The van der Waals surface area contributed by atoms with E-state index in [4.69, 9.17) is 10.8 Å². The Hall–Kier alpha value is -2.57. The van der Waals surface area contributed by atoms with Gasteiger partial charge in [-0.25, -0.2) is 9.59 Å². The van der Waals surface area contributed by atoms with Gasteiger partial charge in [0.25, 0.3) is 0 Å². The molecule has 108 valence electrons. The SMILES string of the molecule is NC(=O)C[C@H](NC(=O)NCCc1ccccc1)C(=O)O. The molecule has 0 spiro atoms. The van der Waals surface area contributed by atoms with E-state index in [1.807, 2.05) is 30.3 Å². The van der Waals surface area contributed by atoms with Crippen LogP contribution in [0.3, 0.4) is 0 Å². The lowest BCUT2D eigenvalue weighted by atomic mass is 10.1. The minimum Gasteiger partial charge on any atom is -0.480 e. The summed E-state index contributed by atoms with van der Waals surface area (Å²) in [5, 5.41) is 13.5. The van der Waals surface area contributed by atoms with E-state index < -0.39 is 30.4 Å². The van der Waals surface area contributed by atoms with E-state index in [0.29, 0.717) is 13.0 Å². The van der Waals surface area contributed by atoms with E-state index >= 15 is 0 Å². The summed E-state index contributed by atoms with van der Waals surface area (Å²) in [5.41, 5.74) is 5.96. The van der Waals surface area contributed by atoms with Gasteiger partial charge in [0.05, 0.1) is 6.42 Å². The van der Waals surface area contributed by atoms with Gasteiger partial charge in [0.1, 0.15) is 6.04 Å². The predicted octanol–water partition coefficient (Wildman–Crippen LogP) is -0.143. The number of carboxylic acids is 1. The standard InChI is InChI=1S/C13H17N3O4/c14-11(17)8-10(12(18)19)16-13(20)15-7-6-9-4-2-1-3-5-9/h1-5,10H,6-8H2,(H2,14,17)(H,18,19)(H2,15,16,20)/t10-/m0/s1. The van der Waals surface area contributed by atoms with Crippen LogP contribution in [0.5, 0.6) is 0 Å². The molecule has 0 aliphatic heterocycles. The van der Waals surface area contributed by atoms with Crippen molar-refractivity contribution in [3.8, 4) is 0 Å². The van der Waals surface area contributed by atoms with Crippen molar-refractivity contribution in [1.82, 2.24) is 10.6 Å². The first-order valence-corrected chi connectivity index (χ1v) is 6.08. The van der Waals surface area contributed by atoms with E-state index in [0.717, 1.165) is 5.56 Å². The van der Waals surface area contributed by atoms with Gasteiger partial charge in [0.2, 0.25) is 5.91 Å². The molecule has 20 heavy (non-hydrogen) atoms.